The number of aromatic nitrogens is 2. The number of amides is 2. The van der Waals surface area contributed by atoms with E-state index in [0.29, 0.717) is 41.9 Å². The molecule has 1 fully saturated rings. The second-order valence-corrected chi connectivity index (χ2v) is 8.77. The highest BCUT2D eigenvalue weighted by atomic mass is 35.5. The van der Waals surface area contributed by atoms with Gasteiger partial charge in [-0.05, 0) is 47.2 Å². The van der Waals surface area contributed by atoms with Gasteiger partial charge in [0.1, 0.15) is 0 Å². The van der Waals surface area contributed by atoms with Crippen molar-refractivity contribution in [3.63, 3.8) is 0 Å². The van der Waals surface area contributed by atoms with Crippen molar-refractivity contribution >= 4 is 51.5 Å². The van der Waals surface area contributed by atoms with Crippen LogP contribution < -0.4 is 10.2 Å². The Bertz CT molecular complexity index is 1280. The molecule has 1 aliphatic rings. The lowest BCUT2D eigenvalue weighted by Crippen LogP contribution is -2.50. The number of piperazine rings is 1. The summed E-state index contributed by atoms with van der Waals surface area (Å²) in [4.78, 5) is 16.5. The zero-order valence-electron chi connectivity index (χ0n) is 17.7. The first kappa shape index (κ1) is 21.5. The van der Waals surface area contributed by atoms with Crippen LogP contribution >= 0.6 is 23.2 Å². The van der Waals surface area contributed by atoms with Gasteiger partial charge in [-0.1, -0.05) is 59.6 Å². The maximum atomic E-state index is 12.6. The number of halogens is 2. The van der Waals surface area contributed by atoms with Crippen molar-refractivity contribution in [2.75, 3.05) is 36.4 Å². The second-order valence-electron chi connectivity index (χ2n) is 7.90. The molecule has 1 aliphatic heterocycles. The molecule has 1 N–H and O–H groups in total. The third kappa shape index (κ3) is 4.87. The van der Waals surface area contributed by atoms with Crippen molar-refractivity contribution < 1.29 is 4.79 Å². The van der Waals surface area contributed by atoms with Gasteiger partial charge in [0, 0.05) is 47.5 Å². The zero-order chi connectivity index (χ0) is 22.8. The molecule has 8 heteroatoms. The Balaban J connectivity index is 1.21. The summed E-state index contributed by atoms with van der Waals surface area (Å²) in [5.41, 5.74) is 2.45. The lowest BCUT2D eigenvalue weighted by Gasteiger charge is -2.35. The number of nitrogens with one attached hydrogen (secondary N) is 1. The van der Waals surface area contributed by atoms with Crippen LogP contribution in [0.2, 0.25) is 10.0 Å². The van der Waals surface area contributed by atoms with Gasteiger partial charge in [-0.15, -0.1) is 10.2 Å². The Morgan fingerprint density at radius 1 is 0.788 bits per heavy atom. The molecule has 0 radical (unpaired) electrons. The average molecular weight is 478 g/mol. The Labute approximate surface area is 201 Å². The summed E-state index contributed by atoms with van der Waals surface area (Å²) in [6.45, 7) is 2.50. The first-order valence-corrected chi connectivity index (χ1v) is 11.4. The molecule has 6 nitrogen and oxygen atoms in total. The van der Waals surface area contributed by atoms with Crippen molar-refractivity contribution in [3.8, 4) is 11.3 Å². The smallest absolute Gasteiger partial charge is 0.321 e. The zero-order valence-corrected chi connectivity index (χ0v) is 19.2. The summed E-state index contributed by atoms with van der Waals surface area (Å²) >= 11 is 12.0. The summed E-state index contributed by atoms with van der Waals surface area (Å²) < 4.78 is 0. The van der Waals surface area contributed by atoms with Crippen LogP contribution in [0.5, 0.6) is 0 Å². The molecule has 4 aromatic rings. The number of nitrogens with zero attached hydrogens (tertiary/aromatic N) is 4. The van der Waals surface area contributed by atoms with Crippen molar-refractivity contribution in [3.05, 3.63) is 82.8 Å². The molecule has 1 saturated heterocycles. The van der Waals surface area contributed by atoms with E-state index >= 15 is 0 Å². The standard InChI is InChI=1S/C25H21Cl2N5O/c26-20-14-21(27)16-22(15-20)28-25(33)32-11-9-31(10-12-32)24-8-7-23(29-30-24)19-6-5-17-3-1-2-4-18(17)13-19/h1-8,13-16H,9-12H2,(H,28,33). The van der Waals surface area contributed by atoms with Crippen LogP contribution in [0.15, 0.2) is 72.8 Å². The molecule has 0 aliphatic carbocycles. The Kier molecular flexibility index (Phi) is 6.03. The summed E-state index contributed by atoms with van der Waals surface area (Å²) in [6.07, 6.45) is 0. The maximum absolute atomic E-state index is 12.6. The molecule has 5 rings (SSSR count). The van der Waals surface area contributed by atoms with Gasteiger partial charge >= 0.3 is 6.03 Å². The number of benzene rings is 3. The van der Waals surface area contributed by atoms with Crippen LogP contribution in [0.1, 0.15) is 0 Å². The first-order valence-electron chi connectivity index (χ1n) is 10.6. The predicted molar refractivity (Wildman–Crippen MR) is 134 cm³/mol. The highest BCUT2D eigenvalue weighted by Crippen LogP contribution is 2.25. The van der Waals surface area contributed by atoms with E-state index in [0.717, 1.165) is 17.1 Å². The molecular formula is C25H21Cl2N5O. The minimum Gasteiger partial charge on any atom is -0.352 e. The number of anilines is 2. The number of fused-ring (bicyclic) bond motifs is 1. The third-order valence-corrected chi connectivity index (χ3v) is 6.14. The third-order valence-electron chi connectivity index (χ3n) is 5.70. The van der Waals surface area contributed by atoms with Crippen LogP contribution in [0.3, 0.4) is 0 Å². The Hall–Kier alpha value is -3.35. The lowest BCUT2D eigenvalue weighted by atomic mass is 10.1. The number of hydrogen-bond acceptors (Lipinski definition) is 4. The van der Waals surface area contributed by atoms with Crippen LogP contribution in [0, 0.1) is 0 Å². The number of hydrogen-bond donors (Lipinski definition) is 1. The Morgan fingerprint density at radius 2 is 1.52 bits per heavy atom. The predicted octanol–water partition coefficient (Wildman–Crippen LogP) is 5.96. The average Bonchev–Trinajstić information content (AvgIpc) is 2.83. The number of urea groups is 1. The van der Waals surface area contributed by atoms with Gasteiger partial charge < -0.3 is 15.1 Å². The fourth-order valence-corrected chi connectivity index (χ4v) is 4.49. The molecule has 1 aromatic heterocycles. The monoisotopic (exact) mass is 477 g/mol. The summed E-state index contributed by atoms with van der Waals surface area (Å²) in [5, 5.41) is 15.1. The quantitative estimate of drug-likeness (QED) is 0.395. The van der Waals surface area contributed by atoms with E-state index in [1.54, 1.807) is 23.1 Å². The van der Waals surface area contributed by atoms with Gasteiger partial charge in [0.05, 0.1) is 5.69 Å². The highest BCUT2D eigenvalue weighted by molar-refractivity contribution is 6.35. The number of carbonyl (C=O) groups is 1. The normalized spacial score (nSPS) is 13.9. The van der Waals surface area contributed by atoms with E-state index in [1.807, 2.05) is 24.3 Å². The van der Waals surface area contributed by atoms with Gasteiger partial charge in [-0.2, -0.15) is 0 Å². The van der Waals surface area contributed by atoms with Crippen molar-refractivity contribution in [2.24, 2.45) is 0 Å². The van der Waals surface area contributed by atoms with Crippen LogP contribution in [-0.4, -0.2) is 47.3 Å². The van der Waals surface area contributed by atoms with Crippen LogP contribution in [0.25, 0.3) is 22.0 Å². The molecule has 0 bridgehead atoms. The van der Waals surface area contributed by atoms with Crippen molar-refractivity contribution in [2.45, 2.75) is 0 Å². The van der Waals surface area contributed by atoms with Gasteiger partial charge in [0.2, 0.25) is 0 Å². The largest absolute Gasteiger partial charge is 0.352 e. The molecule has 0 unspecified atom stereocenters. The number of rotatable bonds is 3. The Morgan fingerprint density at radius 3 is 2.21 bits per heavy atom. The van der Waals surface area contributed by atoms with Gasteiger partial charge in [-0.3, -0.25) is 0 Å². The first-order chi connectivity index (χ1) is 16.0. The number of carbonyl (C=O) groups excluding carboxylic acids is 1. The molecule has 0 saturated carbocycles. The fraction of sp³-hybridized carbons (Fsp3) is 0.160. The second kappa shape index (κ2) is 9.25. The van der Waals surface area contributed by atoms with Crippen LogP contribution in [-0.2, 0) is 0 Å². The van der Waals surface area contributed by atoms with Gasteiger partial charge in [-0.25, -0.2) is 4.79 Å². The lowest BCUT2D eigenvalue weighted by molar-refractivity contribution is 0.208. The van der Waals surface area contributed by atoms with E-state index in [9.17, 15) is 4.79 Å². The van der Waals surface area contributed by atoms with Gasteiger partial charge in [0.15, 0.2) is 5.82 Å². The summed E-state index contributed by atoms with van der Waals surface area (Å²) in [7, 11) is 0. The van der Waals surface area contributed by atoms with E-state index in [-0.39, 0.29) is 6.03 Å². The minimum atomic E-state index is -0.175. The van der Waals surface area contributed by atoms with E-state index in [1.165, 1.54) is 10.8 Å². The fourth-order valence-electron chi connectivity index (χ4n) is 3.96. The molecule has 0 spiro atoms. The van der Waals surface area contributed by atoms with Gasteiger partial charge in [0.25, 0.3) is 0 Å². The van der Waals surface area contributed by atoms with E-state index < -0.39 is 0 Å². The van der Waals surface area contributed by atoms with Crippen LogP contribution in [0.4, 0.5) is 16.3 Å². The summed E-state index contributed by atoms with van der Waals surface area (Å²) in [6, 6.07) is 23.3. The van der Waals surface area contributed by atoms with Crippen molar-refractivity contribution in [1.82, 2.24) is 15.1 Å². The van der Waals surface area contributed by atoms with Crippen molar-refractivity contribution in [1.29, 1.82) is 0 Å². The van der Waals surface area contributed by atoms with E-state index in [4.69, 9.17) is 23.2 Å². The SMILES string of the molecule is O=C(Nc1cc(Cl)cc(Cl)c1)N1CCN(c2ccc(-c3ccc4ccccc4c3)nn2)CC1. The minimum absolute atomic E-state index is 0.175. The molecular weight excluding hydrogens is 457 g/mol. The molecule has 2 amide bonds. The van der Waals surface area contributed by atoms with E-state index in [2.05, 4.69) is 50.7 Å². The highest BCUT2D eigenvalue weighted by Gasteiger charge is 2.22. The molecule has 166 valence electrons. The maximum Gasteiger partial charge on any atom is 0.321 e. The molecule has 0 atom stereocenters. The molecule has 2 heterocycles. The molecule has 3 aromatic carbocycles. The summed E-state index contributed by atoms with van der Waals surface area (Å²) in [5.74, 6) is 0.807. The topological polar surface area (TPSA) is 61.4 Å². The molecule has 33 heavy (non-hydrogen) atoms.